The first-order chi connectivity index (χ1) is 8.31. The first-order valence-electron chi connectivity index (χ1n) is 5.52. The first-order valence-corrected chi connectivity index (χ1v) is 5.52. The Morgan fingerprint density at radius 2 is 2.11 bits per heavy atom. The van der Waals surface area contributed by atoms with Gasteiger partial charge in [0.05, 0.1) is 0 Å². The molecule has 0 heterocycles. The van der Waals surface area contributed by atoms with Crippen molar-refractivity contribution < 1.29 is 9.53 Å². The highest BCUT2D eigenvalue weighted by molar-refractivity contribution is 5.98. The van der Waals surface area contributed by atoms with Crippen molar-refractivity contribution in [3.63, 3.8) is 0 Å². The molecule has 0 saturated carbocycles. The fourth-order valence-corrected chi connectivity index (χ4v) is 1.29. The van der Waals surface area contributed by atoms with E-state index in [4.69, 9.17) is 15.7 Å². The molecular formula is C14H16N2O2. The van der Waals surface area contributed by atoms with E-state index in [0.717, 1.165) is 0 Å². The Morgan fingerprint density at radius 1 is 1.44 bits per heavy atom. The molecule has 4 heteroatoms. The summed E-state index contributed by atoms with van der Waals surface area (Å²) in [5, 5.41) is 8.97. The number of hydrogen-bond acceptors (Lipinski definition) is 4. The molecule has 1 aromatic rings. The molecule has 0 aromatic heterocycles. The molecule has 0 aliphatic heterocycles. The lowest BCUT2D eigenvalue weighted by Crippen LogP contribution is -2.24. The second-order valence-corrected chi connectivity index (χ2v) is 4.84. The van der Waals surface area contributed by atoms with Crippen LogP contribution >= 0.6 is 0 Å². The van der Waals surface area contributed by atoms with Gasteiger partial charge in [0.25, 0.3) is 0 Å². The van der Waals surface area contributed by atoms with Crippen LogP contribution in [0.4, 0.5) is 5.69 Å². The third-order valence-corrected chi connectivity index (χ3v) is 1.96. The van der Waals surface area contributed by atoms with Crippen molar-refractivity contribution >= 4 is 17.7 Å². The molecule has 0 spiro atoms. The maximum Gasteiger partial charge on any atom is 0.349 e. The Labute approximate surface area is 107 Å². The topological polar surface area (TPSA) is 76.1 Å². The third-order valence-electron chi connectivity index (χ3n) is 1.96. The van der Waals surface area contributed by atoms with E-state index in [1.54, 1.807) is 45.0 Å². The molecule has 0 bridgehead atoms. The molecule has 18 heavy (non-hydrogen) atoms. The molecule has 4 nitrogen and oxygen atoms in total. The van der Waals surface area contributed by atoms with Crippen LogP contribution < -0.4 is 5.73 Å². The smallest absolute Gasteiger partial charge is 0.349 e. The Hall–Kier alpha value is -2.28. The second kappa shape index (κ2) is 5.37. The highest BCUT2D eigenvalue weighted by Gasteiger charge is 2.19. The number of benzene rings is 1. The fourth-order valence-electron chi connectivity index (χ4n) is 1.29. The van der Waals surface area contributed by atoms with E-state index < -0.39 is 11.6 Å². The SMILES string of the molecule is CC(C)(C)OC(=O)/C(C#N)=C/c1cccc(N)c1. The van der Waals surface area contributed by atoms with E-state index in [-0.39, 0.29) is 5.57 Å². The van der Waals surface area contributed by atoms with E-state index in [9.17, 15) is 4.79 Å². The van der Waals surface area contributed by atoms with Crippen LogP contribution in [0, 0.1) is 11.3 Å². The predicted octanol–water partition coefficient (Wildman–Crippen LogP) is 2.52. The van der Waals surface area contributed by atoms with Crippen molar-refractivity contribution in [1.82, 2.24) is 0 Å². The summed E-state index contributed by atoms with van der Waals surface area (Å²) in [4.78, 5) is 11.7. The van der Waals surface area contributed by atoms with Crippen LogP contribution in [0.5, 0.6) is 0 Å². The van der Waals surface area contributed by atoms with Crippen LogP contribution in [0.3, 0.4) is 0 Å². The molecule has 0 radical (unpaired) electrons. The molecule has 0 fully saturated rings. The number of nitrogens with zero attached hydrogens (tertiary/aromatic N) is 1. The minimum Gasteiger partial charge on any atom is -0.456 e. The molecule has 0 aliphatic carbocycles. The lowest BCUT2D eigenvalue weighted by atomic mass is 10.1. The van der Waals surface area contributed by atoms with Crippen molar-refractivity contribution in [2.24, 2.45) is 0 Å². The zero-order chi connectivity index (χ0) is 13.8. The van der Waals surface area contributed by atoms with Crippen LogP contribution in [0.15, 0.2) is 29.8 Å². The highest BCUT2D eigenvalue weighted by Crippen LogP contribution is 2.15. The summed E-state index contributed by atoms with van der Waals surface area (Å²) in [5.41, 5.74) is 6.22. The normalized spacial score (nSPS) is 11.8. The monoisotopic (exact) mass is 244 g/mol. The number of nitriles is 1. The van der Waals surface area contributed by atoms with Gasteiger partial charge in [-0.1, -0.05) is 12.1 Å². The predicted molar refractivity (Wildman–Crippen MR) is 70.3 cm³/mol. The van der Waals surface area contributed by atoms with Gasteiger partial charge in [-0.25, -0.2) is 4.79 Å². The van der Waals surface area contributed by atoms with Crippen LogP contribution in [0.25, 0.3) is 6.08 Å². The number of carbonyl (C=O) groups excluding carboxylic acids is 1. The van der Waals surface area contributed by atoms with Gasteiger partial charge in [0, 0.05) is 5.69 Å². The average molecular weight is 244 g/mol. The average Bonchev–Trinajstić information content (AvgIpc) is 2.23. The lowest BCUT2D eigenvalue weighted by Gasteiger charge is -2.18. The summed E-state index contributed by atoms with van der Waals surface area (Å²) < 4.78 is 5.13. The molecule has 2 N–H and O–H groups in total. The van der Waals surface area contributed by atoms with Gasteiger partial charge in [0.2, 0.25) is 0 Å². The number of anilines is 1. The summed E-state index contributed by atoms with van der Waals surface area (Å²) >= 11 is 0. The zero-order valence-electron chi connectivity index (χ0n) is 10.7. The summed E-state index contributed by atoms with van der Waals surface area (Å²) in [5.74, 6) is -0.632. The molecule has 0 aliphatic rings. The number of carbonyl (C=O) groups is 1. The minimum absolute atomic E-state index is 0.0458. The highest BCUT2D eigenvalue weighted by atomic mass is 16.6. The maximum atomic E-state index is 11.7. The van der Waals surface area contributed by atoms with Crippen molar-refractivity contribution in [2.45, 2.75) is 26.4 Å². The summed E-state index contributed by atoms with van der Waals surface area (Å²) in [6, 6.07) is 8.77. The van der Waals surface area contributed by atoms with Crippen molar-refractivity contribution in [3.05, 3.63) is 35.4 Å². The van der Waals surface area contributed by atoms with Gasteiger partial charge >= 0.3 is 5.97 Å². The first kappa shape index (κ1) is 13.8. The van der Waals surface area contributed by atoms with Crippen LogP contribution in [-0.2, 0) is 9.53 Å². The van der Waals surface area contributed by atoms with Gasteiger partial charge in [0.15, 0.2) is 0 Å². The standard InChI is InChI=1S/C14H16N2O2/c1-14(2,3)18-13(17)11(9-15)7-10-5-4-6-12(16)8-10/h4-8H,16H2,1-3H3/b11-7+. The largest absolute Gasteiger partial charge is 0.456 e. The van der Waals surface area contributed by atoms with Crippen molar-refractivity contribution in [3.8, 4) is 6.07 Å². The number of hydrogen-bond donors (Lipinski definition) is 1. The Balaban J connectivity index is 2.97. The van der Waals surface area contributed by atoms with Gasteiger partial charge in [-0.2, -0.15) is 5.26 Å². The fraction of sp³-hybridized carbons (Fsp3) is 0.286. The summed E-state index contributed by atoms with van der Waals surface area (Å²) in [7, 11) is 0. The van der Waals surface area contributed by atoms with Gasteiger partial charge in [-0.15, -0.1) is 0 Å². The molecule has 0 amide bonds. The number of nitrogens with two attached hydrogens (primary N) is 1. The van der Waals surface area contributed by atoms with Crippen LogP contribution in [-0.4, -0.2) is 11.6 Å². The van der Waals surface area contributed by atoms with Crippen molar-refractivity contribution in [2.75, 3.05) is 5.73 Å². The van der Waals surface area contributed by atoms with E-state index >= 15 is 0 Å². The quantitative estimate of drug-likeness (QED) is 0.375. The lowest BCUT2D eigenvalue weighted by molar-refractivity contribution is -0.149. The van der Waals surface area contributed by atoms with E-state index in [1.807, 2.05) is 6.07 Å². The van der Waals surface area contributed by atoms with Gasteiger partial charge in [-0.3, -0.25) is 0 Å². The summed E-state index contributed by atoms with van der Waals surface area (Å²) in [6.45, 7) is 5.25. The van der Waals surface area contributed by atoms with Crippen LogP contribution in [0.1, 0.15) is 26.3 Å². The molecule has 0 unspecified atom stereocenters. The van der Waals surface area contributed by atoms with Crippen molar-refractivity contribution in [1.29, 1.82) is 5.26 Å². The summed E-state index contributed by atoms with van der Waals surface area (Å²) in [6.07, 6.45) is 1.46. The Bertz CT molecular complexity index is 519. The molecule has 0 atom stereocenters. The molecule has 1 rings (SSSR count). The number of ether oxygens (including phenoxy) is 1. The Morgan fingerprint density at radius 3 is 2.61 bits per heavy atom. The number of esters is 1. The Kier molecular flexibility index (Phi) is 4.11. The minimum atomic E-state index is -0.632. The third kappa shape index (κ3) is 4.30. The van der Waals surface area contributed by atoms with E-state index in [2.05, 4.69) is 0 Å². The van der Waals surface area contributed by atoms with E-state index in [0.29, 0.717) is 11.3 Å². The molecule has 0 saturated heterocycles. The van der Waals surface area contributed by atoms with E-state index in [1.165, 1.54) is 6.08 Å². The zero-order valence-corrected chi connectivity index (χ0v) is 10.7. The number of rotatable bonds is 2. The van der Waals surface area contributed by atoms with Crippen LogP contribution in [0.2, 0.25) is 0 Å². The second-order valence-electron chi connectivity index (χ2n) is 4.84. The molecule has 1 aromatic carbocycles. The maximum absolute atomic E-state index is 11.7. The van der Waals surface area contributed by atoms with Gasteiger partial charge in [-0.05, 0) is 44.5 Å². The number of nitrogen functional groups attached to an aromatic ring is 1. The molecule has 94 valence electrons. The van der Waals surface area contributed by atoms with Gasteiger partial charge in [0.1, 0.15) is 17.2 Å². The van der Waals surface area contributed by atoms with Gasteiger partial charge < -0.3 is 10.5 Å². The molecular weight excluding hydrogens is 228 g/mol.